The summed E-state index contributed by atoms with van der Waals surface area (Å²) in [5.41, 5.74) is 6.12. The zero-order valence-electron chi connectivity index (χ0n) is 11.1. The van der Waals surface area contributed by atoms with Gasteiger partial charge in [0.2, 0.25) is 0 Å². The molecule has 0 heterocycles. The van der Waals surface area contributed by atoms with Crippen LogP contribution < -0.4 is 0 Å². The fourth-order valence-electron chi connectivity index (χ4n) is 2.14. The molecule has 0 fully saturated rings. The van der Waals surface area contributed by atoms with E-state index in [1.807, 2.05) is 13.0 Å². The summed E-state index contributed by atoms with van der Waals surface area (Å²) in [6.45, 7) is 6.27. The van der Waals surface area contributed by atoms with Gasteiger partial charge in [-0.25, -0.2) is 0 Å². The minimum Gasteiger partial charge on any atom is -0.0840 e. The van der Waals surface area contributed by atoms with Gasteiger partial charge < -0.3 is 0 Å². The lowest BCUT2D eigenvalue weighted by atomic mass is 9.96. The average Bonchev–Trinajstić information content (AvgIpc) is 2.36. The highest BCUT2D eigenvalue weighted by atomic mass is 79.9. The molecule has 0 nitrogen and oxygen atoms in total. The van der Waals surface area contributed by atoms with Gasteiger partial charge in [-0.05, 0) is 60.7 Å². The lowest BCUT2D eigenvalue weighted by Gasteiger charge is -2.18. The van der Waals surface area contributed by atoms with E-state index in [2.05, 4.69) is 70.0 Å². The molecule has 0 aliphatic heterocycles. The number of hydrogen-bond donors (Lipinski definition) is 0. The zero-order chi connectivity index (χ0) is 14.2. The van der Waals surface area contributed by atoms with Crippen molar-refractivity contribution in [2.75, 3.05) is 0 Å². The first-order valence-electron chi connectivity index (χ1n) is 6.07. The maximum Gasteiger partial charge on any atom is 0.0650 e. The molecule has 0 N–H and O–H groups in total. The lowest BCUT2D eigenvalue weighted by Crippen LogP contribution is -2.00. The third-order valence-electron chi connectivity index (χ3n) is 3.40. The summed E-state index contributed by atoms with van der Waals surface area (Å²) in [5, 5.41) is 0.826. The third kappa shape index (κ3) is 3.07. The van der Waals surface area contributed by atoms with E-state index in [9.17, 15) is 0 Å². The van der Waals surface area contributed by atoms with Crippen molar-refractivity contribution in [1.29, 1.82) is 0 Å². The molecule has 2 rings (SSSR count). The van der Waals surface area contributed by atoms with E-state index in [-0.39, 0.29) is 4.83 Å². The SMILES string of the molecule is Cc1cc(C(Br)c2cccc(Br)c2C)c(C)cc1Cl. The summed E-state index contributed by atoms with van der Waals surface area (Å²) >= 11 is 13.6. The minimum absolute atomic E-state index is 0.181. The second-order valence-electron chi connectivity index (χ2n) is 4.77. The molecule has 0 aliphatic rings. The molecule has 0 bridgehead atoms. The molecule has 2 aromatic carbocycles. The van der Waals surface area contributed by atoms with Crippen LogP contribution in [0.1, 0.15) is 32.6 Å². The third-order valence-corrected chi connectivity index (χ3v) is 5.66. The Morgan fingerprint density at radius 3 is 2.37 bits per heavy atom. The van der Waals surface area contributed by atoms with Gasteiger partial charge in [-0.3, -0.25) is 0 Å². The largest absolute Gasteiger partial charge is 0.0840 e. The Bertz CT molecular complexity index is 620. The van der Waals surface area contributed by atoms with Gasteiger partial charge in [0.1, 0.15) is 0 Å². The quantitative estimate of drug-likeness (QED) is 0.502. The zero-order valence-corrected chi connectivity index (χ0v) is 15.0. The second kappa shape index (κ2) is 5.99. The molecule has 0 aliphatic carbocycles. The highest BCUT2D eigenvalue weighted by Gasteiger charge is 2.17. The Labute approximate surface area is 136 Å². The van der Waals surface area contributed by atoms with Gasteiger partial charge in [-0.1, -0.05) is 61.7 Å². The predicted molar refractivity (Wildman–Crippen MR) is 90.6 cm³/mol. The maximum atomic E-state index is 6.17. The van der Waals surface area contributed by atoms with Gasteiger partial charge in [-0.2, -0.15) is 0 Å². The molecular formula is C16H15Br2Cl. The van der Waals surface area contributed by atoms with Crippen molar-refractivity contribution in [2.45, 2.75) is 25.6 Å². The Morgan fingerprint density at radius 2 is 1.68 bits per heavy atom. The highest BCUT2D eigenvalue weighted by Crippen LogP contribution is 2.38. The van der Waals surface area contributed by atoms with Crippen molar-refractivity contribution in [3.05, 3.63) is 67.6 Å². The normalized spacial score (nSPS) is 12.5. The van der Waals surface area contributed by atoms with Crippen molar-refractivity contribution in [3.63, 3.8) is 0 Å². The molecule has 0 spiro atoms. The van der Waals surface area contributed by atoms with Crippen molar-refractivity contribution >= 4 is 43.5 Å². The Balaban J connectivity index is 2.53. The molecule has 2 aromatic rings. The van der Waals surface area contributed by atoms with Crippen LogP contribution in [0.15, 0.2) is 34.8 Å². The van der Waals surface area contributed by atoms with Crippen molar-refractivity contribution in [1.82, 2.24) is 0 Å². The summed E-state index contributed by atoms with van der Waals surface area (Å²) in [4.78, 5) is 0.181. The van der Waals surface area contributed by atoms with E-state index >= 15 is 0 Å². The van der Waals surface area contributed by atoms with Crippen LogP contribution >= 0.6 is 43.5 Å². The Morgan fingerprint density at radius 1 is 1.00 bits per heavy atom. The fourth-order valence-corrected chi connectivity index (χ4v) is 3.73. The summed E-state index contributed by atoms with van der Waals surface area (Å²) in [7, 11) is 0. The number of halogens is 3. The van der Waals surface area contributed by atoms with E-state index in [1.165, 1.54) is 22.3 Å². The van der Waals surface area contributed by atoms with Gasteiger partial charge in [0, 0.05) is 9.50 Å². The van der Waals surface area contributed by atoms with Gasteiger partial charge in [0.05, 0.1) is 4.83 Å². The molecule has 0 amide bonds. The monoisotopic (exact) mass is 400 g/mol. The Hall–Kier alpha value is -0.310. The highest BCUT2D eigenvalue weighted by molar-refractivity contribution is 9.10. The van der Waals surface area contributed by atoms with Crippen LogP contribution in [0.25, 0.3) is 0 Å². The average molecular weight is 403 g/mol. The molecule has 0 radical (unpaired) electrons. The van der Waals surface area contributed by atoms with Crippen LogP contribution in [0.3, 0.4) is 0 Å². The number of alkyl halides is 1. The lowest BCUT2D eigenvalue weighted by molar-refractivity contribution is 1.10. The van der Waals surface area contributed by atoms with Crippen LogP contribution in [0.2, 0.25) is 5.02 Å². The molecular weight excluding hydrogens is 387 g/mol. The summed E-state index contributed by atoms with van der Waals surface area (Å²) < 4.78 is 1.14. The van der Waals surface area contributed by atoms with E-state index in [0.29, 0.717) is 0 Å². The molecule has 100 valence electrons. The number of rotatable bonds is 2. The van der Waals surface area contributed by atoms with Crippen molar-refractivity contribution in [3.8, 4) is 0 Å². The molecule has 0 aromatic heterocycles. The molecule has 1 atom stereocenters. The number of benzene rings is 2. The molecule has 1 unspecified atom stereocenters. The first-order chi connectivity index (χ1) is 8.91. The maximum absolute atomic E-state index is 6.17. The Kier molecular flexibility index (Phi) is 4.75. The second-order valence-corrected chi connectivity index (χ2v) is 6.95. The molecule has 19 heavy (non-hydrogen) atoms. The van der Waals surface area contributed by atoms with Crippen LogP contribution in [0.5, 0.6) is 0 Å². The fraction of sp³-hybridized carbons (Fsp3) is 0.250. The van der Waals surface area contributed by atoms with Crippen LogP contribution in [0, 0.1) is 20.8 Å². The molecule has 0 saturated carbocycles. The van der Waals surface area contributed by atoms with E-state index in [4.69, 9.17) is 11.6 Å². The van der Waals surface area contributed by atoms with E-state index in [1.54, 1.807) is 0 Å². The van der Waals surface area contributed by atoms with Gasteiger partial charge in [0.25, 0.3) is 0 Å². The molecule has 3 heteroatoms. The van der Waals surface area contributed by atoms with Gasteiger partial charge in [0.15, 0.2) is 0 Å². The molecule has 0 saturated heterocycles. The standard InChI is InChI=1S/C16H15Br2Cl/c1-9-8-15(19)10(2)7-13(9)16(18)12-5-4-6-14(17)11(12)3/h4-8,16H,1-3H3. The number of hydrogen-bond acceptors (Lipinski definition) is 0. The first-order valence-corrected chi connectivity index (χ1v) is 8.16. The topological polar surface area (TPSA) is 0 Å². The van der Waals surface area contributed by atoms with Gasteiger partial charge in [-0.15, -0.1) is 0 Å². The van der Waals surface area contributed by atoms with E-state index < -0.39 is 0 Å². The van der Waals surface area contributed by atoms with Crippen molar-refractivity contribution in [2.24, 2.45) is 0 Å². The minimum atomic E-state index is 0.181. The summed E-state index contributed by atoms with van der Waals surface area (Å²) in [6, 6.07) is 10.5. The van der Waals surface area contributed by atoms with Crippen LogP contribution in [-0.4, -0.2) is 0 Å². The number of aryl methyl sites for hydroxylation is 2. The van der Waals surface area contributed by atoms with E-state index in [0.717, 1.165) is 15.1 Å². The first kappa shape index (κ1) is 15.1. The van der Waals surface area contributed by atoms with Crippen LogP contribution in [-0.2, 0) is 0 Å². The predicted octanol–water partition coefficient (Wildman–Crippen LogP) is 6.51. The summed E-state index contributed by atoms with van der Waals surface area (Å²) in [6.07, 6.45) is 0. The summed E-state index contributed by atoms with van der Waals surface area (Å²) in [5.74, 6) is 0. The van der Waals surface area contributed by atoms with Crippen molar-refractivity contribution < 1.29 is 0 Å². The van der Waals surface area contributed by atoms with Gasteiger partial charge >= 0.3 is 0 Å². The smallest absolute Gasteiger partial charge is 0.0650 e. The van der Waals surface area contributed by atoms with Crippen LogP contribution in [0.4, 0.5) is 0 Å².